The predicted octanol–water partition coefficient (Wildman–Crippen LogP) is 1.75. The van der Waals surface area contributed by atoms with Crippen LogP contribution in [0.25, 0.3) is 11.7 Å². The minimum atomic E-state index is -0.698. The number of hydrogen-bond donors (Lipinski definition) is 2. The Kier molecular flexibility index (Phi) is 5.43. The van der Waals surface area contributed by atoms with E-state index in [2.05, 4.69) is 15.4 Å². The van der Waals surface area contributed by atoms with Gasteiger partial charge in [0.25, 0.3) is 17.4 Å². The second kappa shape index (κ2) is 8.44. The zero-order valence-electron chi connectivity index (χ0n) is 19.1. The van der Waals surface area contributed by atoms with Gasteiger partial charge in [-0.2, -0.15) is 9.61 Å². The van der Waals surface area contributed by atoms with Crippen molar-refractivity contribution in [3.8, 4) is 5.88 Å². The normalized spacial score (nSPS) is 15.4. The van der Waals surface area contributed by atoms with Crippen LogP contribution in [-0.2, 0) is 17.8 Å². The molecule has 1 aliphatic carbocycles. The third-order valence-corrected chi connectivity index (χ3v) is 6.05. The third-order valence-electron chi connectivity index (χ3n) is 6.05. The number of anilines is 1. The van der Waals surface area contributed by atoms with E-state index in [1.807, 2.05) is 19.9 Å². The van der Waals surface area contributed by atoms with Gasteiger partial charge in [0.1, 0.15) is 5.65 Å². The number of nitrogens with zero attached hydrogens (tertiary/aromatic N) is 5. The van der Waals surface area contributed by atoms with Crippen molar-refractivity contribution >= 4 is 29.2 Å². The first kappa shape index (κ1) is 21.9. The Bertz CT molecular complexity index is 1380. The Hall–Kier alpha value is -3.95. The zero-order valence-corrected chi connectivity index (χ0v) is 19.1. The summed E-state index contributed by atoms with van der Waals surface area (Å²) in [4.78, 5) is 44.5. The molecule has 1 aliphatic heterocycles. The number of carbonyl (C=O) groups excluding carboxylic acids is 2. The van der Waals surface area contributed by atoms with Crippen molar-refractivity contribution < 1.29 is 14.7 Å². The number of amides is 2. The Labute approximate surface area is 195 Å². The molecular formula is C24H26N6O4. The molecule has 34 heavy (non-hydrogen) atoms. The summed E-state index contributed by atoms with van der Waals surface area (Å²) in [6, 6.07) is 1.94. The topological polar surface area (TPSA) is 122 Å². The first-order chi connectivity index (χ1) is 16.3. The molecule has 4 heterocycles. The average molecular weight is 463 g/mol. The molecule has 1 saturated carbocycles. The second-order valence-electron chi connectivity index (χ2n) is 9.17. The van der Waals surface area contributed by atoms with Crippen LogP contribution in [0.1, 0.15) is 48.2 Å². The standard InChI is InChI=1S/C24H26N6O4/c1-14(2)13-29-22-16(3-6-19(31)28-10-8-15-7-9-25-12-18(15)28)11-26-30(22)24(34)20(23(29)33)21(32)27-17-4-5-17/h3,6-7,9,11-12,14,17,33H,4-5,8,10,13H2,1-2H3,(H,27,32). The van der Waals surface area contributed by atoms with Crippen molar-refractivity contribution in [1.29, 1.82) is 0 Å². The van der Waals surface area contributed by atoms with Gasteiger partial charge in [0.15, 0.2) is 5.56 Å². The molecule has 0 bridgehead atoms. The van der Waals surface area contributed by atoms with Crippen molar-refractivity contribution in [3.63, 3.8) is 0 Å². The number of nitrogens with one attached hydrogen (secondary N) is 1. The fourth-order valence-electron chi connectivity index (χ4n) is 4.25. The minimum Gasteiger partial charge on any atom is -0.494 e. The SMILES string of the molecule is CC(C)Cn1c(O)c(C(=O)NC2CC2)c(=O)n2ncc(C=CC(=O)N3CCc4ccncc43)c12. The highest BCUT2D eigenvalue weighted by atomic mass is 16.3. The predicted molar refractivity (Wildman–Crippen MR) is 126 cm³/mol. The van der Waals surface area contributed by atoms with Gasteiger partial charge in [0.05, 0.1) is 18.1 Å². The quantitative estimate of drug-likeness (QED) is 0.538. The maximum absolute atomic E-state index is 13.1. The molecule has 2 N–H and O–H groups in total. The maximum Gasteiger partial charge on any atom is 0.291 e. The van der Waals surface area contributed by atoms with Crippen LogP contribution in [0.4, 0.5) is 5.69 Å². The average Bonchev–Trinajstić information content (AvgIpc) is 3.34. The van der Waals surface area contributed by atoms with E-state index in [-0.39, 0.29) is 23.4 Å². The highest BCUT2D eigenvalue weighted by molar-refractivity contribution is 6.05. The van der Waals surface area contributed by atoms with Crippen LogP contribution in [0.5, 0.6) is 5.88 Å². The molecule has 5 rings (SSSR count). The maximum atomic E-state index is 13.1. The summed E-state index contributed by atoms with van der Waals surface area (Å²) < 4.78 is 2.63. The number of fused-ring (bicyclic) bond motifs is 2. The van der Waals surface area contributed by atoms with E-state index in [9.17, 15) is 19.5 Å². The van der Waals surface area contributed by atoms with Crippen LogP contribution in [0.2, 0.25) is 0 Å². The monoisotopic (exact) mass is 462 g/mol. The number of carbonyl (C=O) groups is 2. The van der Waals surface area contributed by atoms with E-state index in [1.54, 1.807) is 23.4 Å². The molecule has 2 amide bonds. The first-order valence-corrected chi connectivity index (χ1v) is 11.4. The molecule has 3 aromatic heterocycles. The summed E-state index contributed by atoms with van der Waals surface area (Å²) in [6.45, 7) is 4.85. The van der Waals surface area contributed by atoms with E-state index >= 15 is 0 Å². The van der Waals surface area contributed by atoms with Gasteiger partial charge in [-0.1, -0.05) is 13.8 Å². The fourth-order valence-corrected chi connectivity index (χ4v) is 4.25. The Morgan fingerprint density at radius 1 is 1.29 bits per heavy atom. The van der Waals surface area contributed by atoms with E-state index in [4.69, 9.17) is 0 Å². The number of rotatable bonds is 6. The summed E-state index contributed by atoms with van der Waals surface area (Å²) in [6.07, 6.45) is 10.3. The van der Waals surface area contributed by atoms with Crippen molar-refractivity contribution in [2.45, 2.75) is 45.7 Å². The van der Waals surface area contributed by atoms with E-state index in [0.29, 0.717) is 24.3 Å². The smallest absolute Gasteiger partial charge is 0.291 e. The van der Waals surface area contributed by atoms with Gasteiger partial charge >= 0.3 is 0 Å². The summed E-state index contributed by atoms with van der Waals surface area (Å²) >= 11 is 0. The highest BCUT2D eigenvalue weighted by Crippen LogP contribution is 2.27. The lowest BCUT2D eigenvalue weighted by atomic mass is 10.2. The molecule has 2 aliphatic rings. The van der Waals surface area contributed by atoms with Crippen molar-refractivity contribution in [1.82, 2.24) is 24.5 Å². The number of aromatic hydroxyl groups is 1. The molecular weight excluding hydrogens is 436 g/mol. The van der Waals surface area contributed by atoms with Gasteiger partial charge in [-0.3, -0.25) is 23.9 Å². The Morgan fingerprint density at radius 2 is 2.09 bits per heavy atom. The largest absolute Gasteiger partial charge is 0.494 e. The van der Waals surface area contributed by atoms with E-state index in [1.165, 1.54) is 16.8 Å². The molecule has 3 aromatic rings. The summed E-state index contributed by atoms with van der Waals surface area (Å²) in [5.41, 5.74) is 1.65. The van der Waals surface area contributed by atoms with Crippen molar-refractivity contribution in [3.05, 3.63) is 57.8 Å². The van der Waals surface area contributed by atoms with Gasteiger partial charge < -0.3 is 15.3 Å². The minimum absolute atomic E-state index is 0.0357. The molecule has 1 fully saturated rings. The van der Waals surface area contributed by atoms with Crippen LogP contribution in [0.3, 0.4) is 0 Å². The van der Waals surface area contributed by atoms with Crippen LogP contribution in [0.15, 0.2) is 35.5 Å². The molecule has 10 nitrogen and oxygen atoms in total. The molecule has 176 valence electrons. The van der Waals surface area contributed by atoms with Crippen LogP contribution >= 0.6 is 0 Å². The highest BCUT2D eigenvalue weighted by Gasteiger charge is 2.30. The van der Waals surface area contributed by atoms with Gasteiger partial charge in [0.2, 0.25) is 5.88 Å². The second-order valence-corrected chi connectivity index (χ2v) is 9.17. The van der Waals surface area contributed by atoms with Gasteiger partial charge in [-0.05, 0) is 42.9 Å². The van der Waals surface area contributed by atoms with E-state index < -0.39 is 17.3 Å². The molecule has 0 radical (unpaired) electrons. The summed E-state index contributed by atoms with van der Waals surface area (Å²) in [5, 5.41) is 17.9. The number of hydrogen-bond acceptors (Lipinski definition) is 6. The van der Waals surface area contributed by atoms with Crippen LogP contribution in [0, 0.1) is 5.92 Å². The molecule has 0 unspecified atom stereocenters. The van der Waals surface area contributed by atoms with Crippen molar-refractivity contribution in [2.24, 2.45) is 5.92 Å². The molecule has 0 spiro atoms. The molecule has 10 heteroatoms. The summed E-state index contributed by atoms with van der Waals surface area (Å²) in [7, 11) is 0. The lowest BCUT2D eigenvalue weighted by Crippen LogP contribution is -2.34. The molecule has 0 atom stereocenters. The lowest BCUT2D eigenvalue weighted by molar-refractivity contribution is -0.114. The summed E-state index contributed by atoms with van der Waals surface area (Å²) in [5.74, 6) is -1.11. The third kappa shape index (κ3) is 3.85. The van der Waals surface area contributed by atoms with Crippen molar-refractivity contribution in [2.75, 3.05) is 11.4 Å². The Balaban J connectivity index is 1.54. The van der Waals surface area contributed by atoms with Gasteiger partial charge in [0, 0.05) is 37.0 Å². The Morgan fingerprint density at radius 3 is 2.82 bits per heavy atom. The van der Waals surface area contributed by atoms with E-state index in [0.717, 1.165) is 35.0 Å². The first-order valence-electron chi connectivity index (χ1n) is 11.4. The number of aromatic nitrogens is 4. The zero-order chi connectivity index (χ0) is 24.0. The molecule has 0 saturated heterocycles. The van der Waals surface area contributed by atoms with Crippen LogP contribution in [-0.4, -0.2) is 48.7 Å². The fraction of sp³-hybridized carbons (Fsp3) is 0.375. The lowest BCUT2D eigenvalue weighted by Gasteiger charge is -2.17. The number of pyridine rings is 1. The van der Waals surface area contributed by atoms with Crippen LogP contribution < -0.4 is 15.8 Å². The van der Waals surface area contributed by atoms with Gasteiger partial charge in [-0.15, -0.1) is 0 Å². The molecule has 0 aromatic carbocycles. The van der Waals surface area contributed by atoms with Gasteiger partial charge in [-0.25, -0.2) is 0 Å².